The second-order valence-electron chi connectivity index (χ2n) is 6.16. The molecule has 0 aliphatic heterocycles. The number of nitrogens with zero attached hydrogens (tertiary/aromatic N) is 3. The molecule has 0 radical (unpaired) electrons. The molecule has 2 aromatic carbocycles. The molecule has 0 atom stereocenters. The van der Waals surface area contributed by atoms with E-state index < -0.39 is 0 Å². The van der Waals surface area contributed by atoms with Gasteiger partial charge in [-0.25, -0.2) is 9.97 Å². The number of carbonyl (C=O) groups is 1. The Morgan fingerprint density at radius 2 is 1.79 bits per heavy atom. The summed E-state index contributed by atoms with van der Waals surface area (Å²) in [6.07, 6.45) is 6.94. The fraction of sp³-hybridized carbons (Fsp3) is 0.0455. The van der Waals surface area contributed by atoms with Crippen LogP contribution in [0.15, 0.2) is 79.1 Å². The van der Waals surface area contributed by atoms with Crippen molar-refractivity contribution in [3.8, 4) is 22.0 Å². The molecule has 1 amide bonds. The molecule has 1 N–H and O–H groups in total. The van der Waals surface area contributed by atoms with Crippen molar-refractivity contribution < 1.29 is 4.79 Å². The van der Waals surface area contributed by atoms with Crippen LogP contribution >= 0.6 is 11.3 Å². The molecule has 0 spiro atoms. The smallest absolute Gasteiger partial charge is 0.250 e. The Kier molecular flexibility index (Phi) is 5.12. The summed E-state index contributed by atoms with van der Waals surface area (Å²) in [6, 6.07) is 19.6. The number of rotatable bonds is 5. The summed E-state index contributed by atoms with van der Waals surface area (Å²) < 4.78 is 1.95. The summed E-state index contributed by atoms with van der Waals surface area (Å²) in [5.74, 6) is 0.597. The van der Waals surface area contributed by atoms with Gasteiger partial charge in [0.15, 0.2) is 11.0 Å². The van der Waals surface area contributed by atoms with Crippen molar-refractivity contribution in [1.29, 1.82) is 0 Å². The van der Waals surface area contributed by atoms with Gasteiger partial charge in [-0.1, -0.05) is 72.0 Å². The van der Waals surface area contributed by atoms with Crippen LogP contribution in [-0.2, 0) is 11.8 Å². The number of thiazole rings is 1. The van der Waals surface area contributed by atoms with E-state index in [2.05, 4.69) is 15.3 Å². The molecule has 0 aliphatic rings. The summed E-state index contributed by atoms with van der Waals surface area (Å²) in [7, 11) is 1.94. The molecule has 0 unspecified atom stereocenters. The van der Waals surface area contributed by atoms with Crippen molar-refractivity contribution in [3.63, 3.8) is 0 Å². The van der Waals surface area contributed by atoms with Crippen molar-refractivity contribution in [1.82, 2.24) is 14.5 Å². The highest BCUT2D eigenvalue weighted by atomic mass is 32.1. The Hall–Kier alpha value is -3.51. The van der Waals surface area contributed by atoms with E-state index in [1.54, 1.807) is 12.3 Å². The largest absolute Gasteiger partial charge is 0.333 e. The molecule has 6 heteroatoms. The SMILES string of the molecule is Cn1ccnc1-c1sc(NC(=O)/C=C/c2ccccc2)nc1-c1ccccc1. The average molecular weight is 386 g/mol. The quantitative estimate of drug-likeness (QED) is 0.498. The number of hydrogen-bond donors (Lipinski definition) is 1. The van der Waals surface area contributed by atoms with Crippen LogP contribution in [0.4, 0.5) is 5.13 Å². The number of aryl methyl sites for hydroxylation is 1. The number of aromatic nitrogens is 3. The Morgan fingerprint density at radius 3 is 2.46 bits per heavy atom. The number of carbonyl (C=O) groups excluding carboxylic acids is 1. The molecule has 28 heavy (non-hydrogen) atoms. The molecule has 2 aromatic heterocycles. The lowest BCUT2D eigenvalue weighted by molar-refractivity contribution is -0.111. The summed E-state index contributed by atoms with van der Waals surface area (Å²) in [4.78, 5) is 22.4. The zero-order valence-electron chi connectivity index (χ0n) is 15.2. The third-order valence-electron chi connectivity index (χ3n) is 4.16. The summed E-state index contributed by atoms with van der Waals surface area (Å²) in [5, 5.41) is 3.41. The van der Waals surface area contributed by atoms with Crippen LogP contribution in [0.2, 0.25) is 0 Å². The van der Waals surface area contributed by atoms with E-state index in [1.807, 2.05) is 78.5 Å². The van der Waals surface area contributed by atoms with Crippen molar-refractivity contribution in [2.75, 3.05) is 5.32 Å². The van der Waals surface area contributed by atoms with Gasteiger partial charge < -0.3 is 4.57 Å². The van der Waals surface area contributed by atoms with Gasteiger partial charge in [0.05, 0.1) is 10.6 Å². The molecule has 138 valence electrons. The van der Waals surface area contributed by atoms with Crippen LogP contribution < -0.4 is 5.32 Å². The van der Waals surface area contributed by atoms with Crippen molar-refractivity contribution in [2.45, 2.75) is 0 Å². The number of benzene rings is 2. The fourth-order valence-corrected chi connectivity index (χ4v) is 3.81. The molecular formula is C22H18N4OS. The van der Waals surface area contributed by atoms with Crippen LogP contribution in [0.1, 0.15) is 5.56 Å². The van der Waals surface area contributed by atoms with Gasteiger partial charge in [-0.15, -0.1) is 0 Å². The van der Waals surface area contributed by atoms with Crippen LogP contribution in [0.3, 0.4) is 0 Å². The average Bonchev–Trinajstić information content (AvgIpc) is 3.33. The topological polar surface area (TPSA) is 59.8 Å². The molecule has 4 rings (SSSR count). The predicted octanol–water partition coefficient (Wildman–Crippen LogP) is 4.86. The van der Waals surface area contributed by atoms with Crippen LogP contribution in [0, 0.1) is 0 Å². The minimum absolute atomic E-state index is 0.219. The van der Waals surface area contributed by atoms with E-state index in [9.17, 15) is 4.79 Å². The first-order chi connectivity index (χ1) is 13.7. The molecule has 0 saturated heterocycles. The zero-order chi connectivity index (χ0) is 19.3. The van der Waals surface area contributed by atoms with Gasteiger partial charge in [0.25, 0.3) is 0 Å². The highest BCUT2D eigenvalue weighted by molar-refractivity contribution is 7.19. The second kappa shape index (κ2) is 8.02. The molecule has 4 aromatic rings. The van der Waals surface area contributed by atoms with Gasteiger partial charge >= 0.3 is 0 Å². The fourth-order valence-electron chi connectivity index (χ4n) is 2.78. The molecule has 2 heterocycles. The van der Waals surface area contributed by atoms with E-state index in [0.29, 0.717) is 5.13 Å². The first-order valence-electron chi connectivity index (χ1n) is 8.79. The number of imidazole rings is 1. The Morgan fingerprint density at radius 1 is 1.07 bits per heavy atom. The lowest BCUT2D eigenvalue weighted by Crippen LogP contribution is -2.07. The van der Waals surface area contributed by atoms with Gasteiger partial charge in [0.2, 0.25) is 5.91 Å². The van der Waals surface area contributed by atoms with Gasteiger partial charge in [-0.2, -0.15) is 0 Å². The molecule has 0 bridgehead atoms. The van der Waals surface area contributed by atoms with E-state index in [1.165, 1.54) is 17.4 Å². The molecule has 5 nitrogen and oxygen atoms in total. The maximum absolute atomic E-state index is 12.3. The van der Waals surface area contributed by atoms with Crippen molar-refractivity contribution in [2.24, 2.45) is 7.05 Å². The zero-order valence-corrected chi connectivity index (χ0v) is 16.1. The minimum atomic E-state index is -0.219. The number of amides is 1. The monoisotopic (exact) mass is 386 g/mol. The minimum Gasteiger partial charge on any atom is -0.333 e. The van der Waals surface area contributed by atoms with Gasteiger partial charge in [0.1, 0.15) is 0 Å². The van der Waals surface area contributed by atoms with Crippen LogP contribution in [-0.4, -0.2) is 20.4 Å². The Labute approximate surface area is 167 Å². The van der Waals surface area contributed by atoms with Crippen LogP contribution in [0.5, 0.6) is 0 Å². The van der Waals surface area contributed by atoms with E-state index >= 15 is 0 Å². The second-order valence-corrected chi connectivity index (χ2v) is 7.16. The third kappa shape index (κ3) is 3.92. The highest BCUT2D eigenvalue weighted by Crippen LogP contribution is 2.38. The maximum atomic E-state index is 12.3. The first kappa shape index (κ1) is 17.9. The summed E-state index contributed by atoms with van der Waals surface area (Å²) in [5.41, 5.74) is 2.76. The molecule has 0 aliphatic carbocycles. The normalized spacial score (nSPS) is 11.0. The van der Waals surface area contributed by atoms with Gasteiger partial charge in [-0.05, 0) is 11.6 Å². The standard InChI is InChI=1S/C22H18N4OS/c1-26-15-14-23-21(26)20-19(17-10-6-3-7-11-17)25-22(28-20)24-18(27)13-12-16-8-4-2-5-9-16/h2-15H,1H3,(H,24,25,27)/b13-12+. The Bertz CT molecular complexity index is 1110. The predicted molar refractivity (Wildman–Crippen MR) is 114 cm³/mol. The van der Waals surface area contributed by atoms with E-state index in [-0.39, 0.29) is 5.91 Å². The number of nitrogens with one attached hydrogen (secondary N) is 1. The maximum Gasteiger partial charge on any atom is 0.250 e. The van der Waals surface area contributed by atoms with E-state index in [4.69, 9.17) is 0 Å². The van der Waals surface area contributed by atoms with Crippen molar-refractivity contribution >= 4 is 28.5 Å². The summed E-state index contributed by atoms with van der Waals surface area (Å²) in [6.45, 7) is 0. The third-order valence-corrected chi connectivity index (χ3v) is 5.12. The Balaban J connectivity index is 1.63. The summed E-state index contributed by atoms with van der Waals surface area (Å²) >= 11 is 1.42. The molecular weight excluding hydrogens is 368 g/mol. The number of hydrogen-bond acceptors (Lipinski definition) is 4. The molecule has 0 fully saturated rings. The van der Waals surface area contributed by atoms with Gasteiger partial charge in [0, 0.05) is 31.1 Å². The lowest BCUT2D eigenvalue weighted by atomic mass is 10.1. The van der Waals surface area contributed by atoms with Crippen LogP contribution in [0.25, 0.3) is 28.0 Å². The van der Waals surface area contributed by atoms with Gasteiger partial charge in [-0.3, -0.25) is 10.1 Å². The highest BCUT2D eigenvalue weighted by Gasteiger charge is 2.18. The number of anilines is 1. The first-order valence-corrected chi connectivity index (χ1v) is 9.60. The molecule has 0 saturated carbocycles. The lowest BCUT2D eigenvalue weighted by Gasteiger charge is -2.02. The van der Waals surface area contributed by atoms with Crippen molar-refractivity contribution in [3.05, 3.63) is 84.7 Å². The van der Waals surface area contributed by atoms with E-state index in [0.717, 1.165) is 27.5 Å².